The quantitative estimate of drug-likeness (QED) is 0.723. The fourth-order valence-electron chi connectivity index (χ4n) is 1.30. The zero-order chi connectivity index (χ0) is 13.5. The highest BCUT2D eigenvalue weighted by molar-refractivity contribution is 5.83. The van der Waals surface area contributed by atoms with E-state index in [4.69, 9.17) is 10.2 Å². The molecular formula is C12H12O6. The van der Waals surface area contributed by atoms with Crippen LogP contribution in [0.1, 0.15) is 12.0 Å². The topological polar surface area (TPSA) is 101 Å². The average Bonchev–Trinajstić information content (AvgIpc) is 2.28. The highest BCUT2D eigenvalue weighted by atomic mass is 16.6. The number of carboxylic acid groups (broad SMARTS) is 2. The standard InChI is InChI=1S/C12H12O6/c13-10(14)7-9(12(16)17)18-11(15)6-8-4-2-1-3-5-8/h1-5,9H,6-7H2,(H,13,14)(H,16,17). The van der Waals surface area contributed by atoms with Crippen molar-refractivity contribution in [1.29, 1.82) is 0 Å². The second-order valence-electron chi connectivity index (χ2n) is 3.58. The molecule has 1 aromatic rings. The molecule has 96 valence electrons. The fourth-order valence-corrected chi connectivity index (χ4v) is 1.30. The van der Waals surface area contributed by atoms with Gasteiger partial charge in [-0.05, 0) is 5.56 Å². The molecule has 0 aromatic heterocycles. The first-order valence-electron chi connectivity index (χ1n) is 5.17. The molecule has 6 nitrogen and oxygen atoms in total. The van der Waals surface area contributed by atoms with Gasteiger partial charge in [0.2, 0.25) is 6.10 Å². The van der Waals surface area contributed by atoms with Crippen molar-refractivity contribution in [3.8, 4) is 0 Å². The van der Waals surface area contributed by atoms with Crippen LogP contribution >= 0.6 is 0 Å². The van der Waals surface area contributed by atoms with Gasteiger partial charge in [0.1, 0.15) is 0 Å². The fraction of sp³-hybridized carbons (Fsp3) is 0.250. The number of carboxylic acids is 2. The minimum atomic E-state index is -1.65. The number of carbonyl (C=O) groups excluding carboxylic acids is 1. The highest BCUT2D eigenvalue weighted by Gasteiger charge is 2.25. The second kappa shape index (κ2) is 6.39. The molecule has 0 heterocycles. The third kappa shape index (κ3) is 4.65. The Labute approximate surface area is 103 Å². The van der Waals surface area contributed by atoms with Gasteiger partial charge in [-0.15, -0.1) is 0 Å². The van der Waals surface area contributed by atoms with Crippen LogP contribution in [-0.4, -0.2) is 34.2 Å². The molecule has 2 N–H and O–H groups in total. The molecular weight excluding hydrogens is 240 g/mol. The Balaban J connectivity index is 2.56. The number of benzene rings is 1. The minimum Gasteiger partial charge on any atom is -0.481 e. The monoisotopic (exact) mass is 252 g/mol. The van der Waals surface area contributed by atoms with Crippen LogP contribution < -0.4 is 0 Å². The molecule has 0 radical (unpaired) electrons. The predicted molar refractivity (Wildman–Crippen MR) is 59.9 cm³/mol. The van der Waals surface area contributed by atoms with Gasteiger partial charge in [-0.2, -0.15) is 0 Å². The molecule has 0 saturated heterocycles. The number of aliphatic carboxylic acids is 2. The maximum Gasteiger partial charge on any atom is 0.345 e. The lowest BCUT2D eigenvalue weighted by Crippen LogP contribution is -2.30. The van der Waals surface area contributed by atoms with Crippen LogP contribution in [0.4, 0.5) is 0 Å². The first-order valence-corrected chi connectivity index (χ1v) is 5.17. The smallest absolute Gasteiger partial charge is 0.345 e. The summed E-state index contributed by atoms with van der Waals surface area (Å²) < 4.78 is 4.61. The molecule has 1 atom stereocenters. The number of rotatable bonds is 6. The van der Waals surface area contributed by atoms with E-state index in [1.807, 2.05) is 0 Å². The SMILES string of the molecule is O=C(O)CC(OC(=O)Cc1ccccc1)C(=O)O. The van der Waals surface area contributed by atoms with Gasteiger partial charge in [0.05, 0.1) is 12.8 Å². The van der Waals surface area contributed by atoms with E-state index < -0.39 is 30.4 Å². The summed E-state index contributed by atoms with van der Waals surface area (Å²) in [4.78, 5) is 32.5. The van der Waals surface area contributed by atoms with Gasteiger partial charge >= 0.3 is 17.9 Å². The summed E-state index contributed by atoms with van der Waals surface area (Å²) >= 11 is 0. The maximum atomic E-state index is 11.4. The van der Waals surface area contributed by atoms with Gasteiger partial charge in [-0.25, -0.2) is 4.79 Å². The van der Waals surface area contributed by atoms with Crippen molar-refractivity contribution >= 4 is 17.9 Å². The van der Waals surface area contributed by atoms with Crippen molar-refractivity contribution in [3.63, 3.8) is 0 Å². The van der Waals surface area contributed by atoms with E-state index in [1.54, 1.807) is 30.3 Å². The molecule has 0 bridgehead atoms. The Morgan fingerprint density at radius 2 is 1.72 bits per heavy atom. The second-order valence-corrected chi connectivity index (χ2v) is 3.58. The average molecular weight is 252 g/mol. The van der Waals surface area contributed by atoms with Crippen molar-refractivity contribution < 1.29 is 29.3 Å². The predicted octanol–water partition coefficient (Wildman–Crippen LogP) is 0.700. The van der Waals surface area contributed by atoms with E-state index in [2.05, 4.69) is 4.74 Å². The van der Waals surface area contributed by atoms with E-state index >= 15 is 0 Å². The number of hydrogen-bond acceptors (Lipinski definition) is 4. The number of hydrogen-bond donors (Lipinski definition) is 2. The lowest BCUT2D eigenvalue weighted by atomic mass is 10.1. The first-order chi connectivity index (χ1) is 8.49. The van der Waals surface area contributed by atoms with Gasteiger partial charge in [0.15, 0.2) is 0 Å². The molecule has 1 unspecified atom stereocenters. The van der Waals surface area contributed by atoms with Crippen LogP contribution in [0.3, 0.4) is 0 Å². The van der Waals surface area contributed by atoms with Gasteiger partial charge in [-0.3, -0.25) is 9.59 Å². The van der Waals surface area contributed by atoms with Crippen molar-refractivity contribution in [3.05, 3.63) is 35.9 Å². The Bertz CT molecular complexity index is 439. The Morgan fingerprint density at radius 1 is 1.11 bits per heavy atom. The van der Waals surface area contributed by atoms with E-state index in [1.165, 1.54) is 0 Å². The molecule has 0 spiro atoms. The van der Waals surface area contributed by atoms with Crippen LogP contribution in [0.15, 0.2) is 30.3 Å². The number of ether oxygens (including phenoxy) is 1. The van der Waals surface area contributed by atoms with Crippen LogP contribution in [0.2, 0.25) is 0 Å². The summed E-state index contributed by atoms with van der Waals surface area (Å²) in [5.74, 6) is -3.58. The van der Waals surface area contributed by atoms with E-state index in [9.17, 15) is 14.4 Å². The zero-order valence-corrected chi connectivity index (χ0v) is 9.41. The maximum absolute atomic E-state index is 11.4. The molecule has 0 aliphatic heterocycles. The van der Waals surface area contributed by atoms with Gasteiger partial charge in [-0.1, -0.05) is 30.3 Å². The minimum absolute atomic E-state index is 0.0930. The molecule has 0 aliphatic rings. The van der Waals surface area contributed by atoms with Crippen LogP contribution in [0.25, 0.3) is 0 Å². The molecule has 0 aliphatic carbocycles. The van der Waals surface area contributed by atoms with Gasteiger partial charge in [0, 0.05) is 0 Å². The summed E-state index contributed by atoms with van der Waals surface area (Å²) in [6.45, 7) is 0. The number of carbonyl (C=O) groups is 3. The molecule has 0 saturated carbocycles. The molecule has 6 heteroatoms. The van der Waals surface area contributed by atoms with E-state index in [0.29, 0.717) is 5.56 Å². The van der Waals surface area contributed by atoms with E-state index in [0.717, 1.165) is 0 Å². The molecule has 18 heavy (non-hydrogen) atoms. The highest BCUT2D eigenvalue weighted by Crippen LogP contribution is 2.05. The zero-order valence-electron chi connectivity index (χ0n) is 9.41. The van der Waals surface area contributed by atoms with Crippen molar-refractivity contribution in [2.24, 2.45) is 0 Å². The summed E-state index contributed by atoms with van der Waals surface area (Å²) in [6.07, 6.45) is -2.50. The lowest BCUT2D eigenvalue weighted by Gasteiger charge is -2.11. The van der Waals surface area contributed by atoms with Crippen LogP contribution in [0, 0.1) is 0 Å². The lowest BCUT2D eigenvalue weighted by molar-refractivity contribution is -0.166. The molecule has 0 fully saturated rings. The Kier molecular flexibility index (Phi) is 4.86. The summed E-state index contributed by atoms with van der Waals surface area (Å²) in [5, 5.41) is 17.2. The first kappa shape index (κ1) is 13.7. The third-order valence-electron chi connectivity index (χ3n) is 2.10. The third-order valence-corrected chi connectivity index (χ3v) is 2.10. The van der Waals surface area contributed by atoms with Crippen molar-refractivity contribution in [2.75, 3.05) is 0 Å². The van der Waals surface area contributed by atoms with Crippen LogP contribution in [0.5, 0.6) is 0 Å². The molecule has 1 rings (SSSR count). The molecule has 0 amide bonds. The summed E-state index contributed by atoms with van der Waals surface area (Å²) in [5.41, 5.74) is 0.668. The Morgan fingerprint density at radius 3 is 2.22 bits per heavy atom. The summed E-state index contributed by atoms with van der Waals surface area (Å²) in [7, 11) is 0. The van der Waals surface area contributed by atoms with Crippen molar-refractivity contribution in [1.82, 2.24) is 0 Å². The number of esters is 1. The van der Waals surface area contributed by atoms with Gasteiger partial charge in [0.25, 0.3) is 0 Å². The molecule has 1 aromatic carbocycles. The van der Waals surface area contributed by atoms with Gasteiger partial charge < -0.3 is 14.9 Å². The summed E-state index contributed by atoms with van der Waals surface area (Å²) in [6, 6.07) is 8.62. The van der Waals surface area contributed by atoms with Crippen LogP contribution in [-0.2, 0) is 25.5 Å². The Hall–Kier alpha value is -2.37. The largest absolute Gasteiger partial charge is 0.481 e. The van der Waals surface area contributed by atoms with E-state index in [-0.39, 0.29) is 6.42 Å². The van der Waals surface area contributed by atoms with Crippen molar-refractivity contribution in [2.45, 2.75) is 18.9 Å². The normalized spacial score (nSPS) is 11.6.